The molecule has 10 atom stereocenters. The lowest BCUT2D eigenvalue weighted by atomic mass is 9.97. The van der Waals surface area contributed by atoms with Crippen molar-refractivity contribution in [2.24, 2.45) is 0 Å². The molecule has 8 aromatic carbocycles. The third-order valence-electron chi connectivity index (χ3n) is 14.3. The van der Waals surface area contributed by atoms with Crippen molar-refractivity contribution < 1.29 is 56.8 Å². The van der Waals surface area contributed by atoms with Gasteiger partial charge in [0.15, 0.2) is 12.6 Å². The third-order valence-corrected chi connectivity index (χ3v) is 14.3. The molecule has 82 heavy (non-hydrogen) atoms. The molecular weight excluding hydrogens is 1030 g/mol. The lowest BCUT2D eigenvalue weighted by molar-refractivity contribution is -0.341. The van der Waals surface area contributed by atoms with Crippen LogP contribution < -0.4 is 0 Å². The summed E-state index contributed by atoms with van der Waals surface area (Å²) < 4.78 is 82.4. The predicted octanol–water partition coefficient (Wildman–Crippen LogP) is 12.4. The van der Waals surface area contributed by atoms with Gasteiger partial charge in [-0.05, 0) is 44.5 Å². The predicted molar refractivity (Wildman–Crippen MR) is 312 cm³/mol. The zero-order chi connectivity index (χ0) is 55.6. The van der Waals surface area contributed by atoms with Crippen LogP contribution in [0.2, 0.25) is 0 Å². The van der Waals surface area contributed by atoms with Crippen LogP contribution in [0.5, 0.6) is 0 Å². The van der Waals surface area contributed by atoms with Gasteiger partial charge in [0.05, 0.1) is 79.3 Å². The maximum atomic E-state index is 7.03. The summed E-state index contributed by atoms with van der Waals surface area (Å²) in [6.45, 7) is 2.97. The minimum Gasteiger partial charge on any atom is -0.374 e. The molecule has 0 bridgehead atoms. The minimum absolute atomic E-state index is 0.0678. The van der Waals surface area contributed by atoms with E-state index >= 15 is 0 Å². The molecule has 12 nitrogen and oxygen atoms in total. The van der Waals surface area contributed by atoms with Gasteiger partial charge in [-0.3, -0.25) is 0 Å². The van der Waals surface area contributed by atoms with Crippen LogP contribution in [0.4, 0.5) is 0 Å². The van der Waals surface area contributed by atoms with Crippen LogP contribution in [0.3, 0.4) is 0 Å². The van der Waals surface area contributed by atoms with Gasteiger partial charge in [-0.15, -0.1) is 0 Å². The van der Waals surface area contributed by atoms with Crippen LogP contribution in [0.15, 0.2) is 243 Å². The summed E-state index contributed by atoms with van der Waals surface area (Å²) in [6.07, 6.45) is -7.36. The smallest absolute Gasteiger partial charge is 0.187 e. The van der Waals surface area contributed by atoms with Gasteiger partial charge in [0.2, 0.25) is 0 Å². The fourth-order valence-electron chi connectivity index (χ4n) is 10.1. The third kappa shape index (κ3) is 17.9. The van der Waals surface area contributed by atoms with Gasteiger partial charge in [-0.2, -0.15) is 0 Å². The highest BCUT2D eigenvalue weighted by molar-refractivity contribution is 5.20. The fourth-order valence-corrected chi connectivity index (χ4v) is 10.1. The first-order valence-corrected chi connectivity index (χ1v) is 28.4. The summed E-state index contributed by atoms with van der Waals surface area (Å²) in [5, 5.41) is 0. The molecule has 0 N–H and O–H groups in total. The molecule has 2 saturated heterocycles. The molecule has 0 aliphatic carbocycles. The Hall–Kier alpha value is -6.72. The highest BCUT2D eigenvalue weighted by Crippen LogP contribution is 2.34. The van der Waals surface area contributed by atoms with E-state index in [4.69, 9.17) is 56.8 Å². The van der Waals surface area contributed by atoms with Crippen LogP contribution in [0, 0.1) is 0 Å². The van der Waals surface area contributed by atoms with Crippen molar-refractivity contribution in [1.82, 2.24) is 0 Å². The van der Waals surface area contributed by atoms with Gasteiger partial charge in [0, 0.05) is 0 Å². The molecule has 0 spiro atoms. The zero-order valence-electron chi connectivity index (χ0n) is 46.3. The molecule has 0 aromatic heterocycles. The van der Waals surface area contributed by atoms with Crippen molar-refractivity contribution in [2.45, 2.75) is 114 Å². The Labute approximate surface area is 482 Å². The molecule has 0 radical (unpaired) electrons. The van der Waals surface area contributed by atoms with Crippen molar-refractivity contribution >= 4 is 0 Å². The van der Waals surface area contributed by atoms with Gasteiger partial charge in [-0.1, -0.05) is 243 Å². The summed E-state index contributed by atoms with van der Waals surface area (Å²) in [7, 11) is 0. The van der Waals surface area contributed by atoms with Crippen molar-refractivity contribution in [3.63, 3.8) is 0 Å². The van der Waals surface area contributed by atoms with Gasteiger partial charge < -0.3 is 56.8 Å². The van der Waals surface area contributed by atoms with Crippen LogP contribution in [-0.2, 0) is 110 Å². The summed E-state index contributed by atoms with van der Waals surface area (Å²) >= 11 is 0. The number of ether oxygens (including phenoxy) is 12. The Morgan fingerprint density at radius 3 is 0.671 bits per heavy atom. The highest BCUT2D eigenvalue weighted by atomic mass is 16.8. The molecule has 0 saturated carbocycles. The van der Waals surface area contributed by atoms with Crippen LogP contribution >= 0.6 is 0 Å². The summed E-state index contributed by atoms with van der Waals surface area (Å²) in [5.74, 6) is 0. The van der Waals surface area contributed by atoms with E-state index in [1.54, 1.807) is 0 Å². The lowest BCUT2D eigenvalue weighted by Gasteiger charge is -2.46. The highest BCUT2D eigenvalue weighted by Gasteiger charge is 2.51. The second kappa shape index (κ2) is 32.2. The topological polar surface area (TPSA) is 111 Å². The summed E-state index contributed by atoms with van der Waals surface area (Å²) in [6, 6.07) is 80.6. The van der Waals surface area contributed by atoms with E-state index in [1.807, 2.05) is 243 Å². The average molecular weight is 1110 g/mol. The lowest BCUT2D eigenvalue weighted by Crippen LogP contribution is -2.62. The molecule has 2 heterocycles. The Kier molecular flexibility index (Phi) is 23.0. The van der Waals surface area contributed by atoms with Gasteiger partial charge in [-0.25, -0.2) is 0 Å². The number of hydrogen-bond acceptors (Lipinski definition) is 12. The molecule has 426 valence electrons. The first-order valence-electron chi connectivity index (χ1n) is 28.4. The van der Waals surface area contributed by atoms with Crippen LogP contribution in [-0.4, -0.2) is 87.8 Å². The molecule has 10 rings (SSSR count). The maximum Gasteiger partial charge on any atom is 0.187 e. The van der Waals surface area contributed by atoms with E-state index in [-0.39, 0.29) is 39.6 Å². The molecule has 2 aliphatic rings. The quantitative estimate of drug-likeness (QED) is 0.0386. The van der Waals surface area contributed by atoms with Crippen LogP contribution in [0.25, 0.3) is 0 Å². The van der Waals surface area contributed by atoms with E-state index in [0.29, 0.717) is 39.6 Å². The summed E-state index contributed by atoms with van der Waals surface area (Å²) in [4.78, 5) is 0. The van der Waals surface area contributed by atoms with Gasteiger partial charge in [0.25, 0.3) is 0 Å². The van der Waals surface area contributed by atoms with Crippen molar-refractivity contribution in [3.8, 4) is 0 Å². The average Bonchev–Trinajstić information content (AvgIpc) is 3.62. The van der Waals surface area contributed by atoms with Crippen molar-refractivity contribution in [2.75, 3.05) is 26.4 Å². The van der Waals surface area contributed by atoms with Crippen molar-refractivity contribution in [3.05, 3.63) is 287 Å². The Bertz CT molecular complexity index is 2750. The fraction of sp³-hybridized carbons (Fsp3) is 0.314. The number of rotatable bonds is 31. The van der Waals surface area contributed by atoms with Gasteiger partial charge in [0.1, 0.15) is 48.8 Å². The standard InChI is InChI=1S/C70H74O12/c1-9-25-53(26-10-1)43-71-51-61-63(75-45-55-29-13-3-14-30-55)65(77-47-57-33-17-5-18-34-57)67(79-49-59-37-21-7-22-38-59)69(81-61)73-41-42-74-70-68(80-50-60-39-23-8-24-40-60)66(78-48-58-35-19-6-20-36-58)64(76-46-56-31-15-4-16-32-56)62(82-70)52-72-44-54-27-11-2-12-28-54/h1-40,61-70H,41-52H2/t61-,62-,63-,64-,65+,66+,67-,68-,69+,70+/m1/s1. The number of benzene rings is 8. The second-order valence-corrected chi connectivity index (χ2v) is 20.4. The maximum absolute atomic E-state index is 7.03. The molecule has 2 aliphatic heterocycles. The minimum atomic E-state index is -0.954. The van der Waals surface area contributed by atoms with E-state index < -0.39 is 61.4 Å². The molecule has 8 aromatic rings. The summed E-state index contributed by atoms with van der Waals surface area (Å²) in [5.41, 5.74) is 8.05. The largest absolute Gasteiger partial charge is 0.374 e. The first-order chi connectivity index (χ1) is 40.7. The second-order valence-electron chi connectivity index (χ2n) is 20.4. The normalized spacial score (nSPS) is 22.6. The Morgan fingerprint density at radius 1 is 0.220 bits per heavy atom. The SMILES string of the molecule is c1ccc(COC[C@H]2O[C@H](OCCO[C@H]3O[C@H](COCc4ccccc4)[C@@H](OCc4ccccc4)[C@H](OCc4ccccc4)[C@H]3OCc3ccccc3)[C@H](OCc3ccccc3)[C@@H](OCc3ccccc3)[C@@H]2OCc2ccccc2)cc1. The Morgan fingerprint density at radius 2 is 0.427 bits per heavy atom. The molecule has 12 heteroatoms. The van der Waals surface area contributed by atoms with E-state index in [2.05, 4.69) is 0 Å². The first kappa shape index (κ1) is 58.5. The molecular formula is C70H74O12. The van der Waals surface area contributed by atoms with Crippen molar-refractivity contribution in [1.29, 1.82) is 0 Å². The van der Waals surface area contributed by atoms with Crippen LogP contribution in [0.1, 0.15) is 44.5 Å². The monoisotopic (exact) mass is 1110 g/mol. The van der Waals surface area contributed by atoms with E-state index in [0.717, 1.165) is 44.5 Å². The zero-order valence-corrected chi connectivity index (χ0v) is 46.3. The number of hydrogen-bond donors (Lipinski definition) is 0. The van der Waals surface area contributed by atoms with E-state index in [1.165, 1.54) is 0 Å². The Balaban J connectivity index is 0.933. The molecule has 0 unspecified atom stereocenters. The van der Waals surface area contributed by atoms with E-state index in [9.17, 15) is 0 Å². The molecule has 0 amide bonds. The van der Waals surface area contributed by atoms with Gasteiger partial charge >= 0.3 is 0 Å². The molecule has 2 fully saturated rings.